The molecular formula is C19H14ClFN2O3S. The molecular weight excluding hydrogens is 391 g/mol. The summed E-state index contributed by atoms with van der Waals surface area (Å²) < 4.78 is 30.1. The molecule has 0 aliphatic rings. The minimum atomic E-state index is -1.66. The van der Waals surface area contributed by atoms with E-state index in [9.17, 15) is 13.7 Å². The quantitative estimate of drug-likeness (QED) is 0.612. The highest BCUT2D eigenvalue weighted by Crippen LogP contribution is 2.29. The Hall–Kier alpha value is -2.58. The summed E-state index contributed by atoms with van der Waals surface area (Å²) in [5, 5.41) is 8.40. The van der Waals surface area contributed by atoms with Gasteiger partial charge in [-0.15, -0.1) is 5.14 Å². The first kappa shape index (κ1) is 19.2. The van der Waals surface area contributed by atoms with Crippen LogP contribution in [-0.2, 0) is 11.4 Å². The second kappa shape index (κ2) is 8.41. The number of benzene rings is 3. The normalized spacial score (nSPS) is 11.7. The van der Waals surface area contributed by atoms with Crippen molar-refractivity contribution in [1.29, 1.82) is 0 Å². The summed E-state index contributed by atoms with van der Waals surface area (Å²) in [6, 6.07) is 16.4. The van der Waals surface area contributed by atoms with Crippen molar-refractivity contribution in [2.45, 2.75) is 4.90 Å². The summed E-state index contributed by atoms with van der Waals surface area (Å²) in [5.74, 6) is -0.251. The Labute approximate surface area is 163 Å². The van der Waals surface area contributed by atoms with Crippen LogP contribution in [0.3, 0.4) is 0 Å². The van der Waals surface area contributed by atoms with E-state index < -0.39 is 23.1 Å². The molecule has 0 spiro atoms. The molecule has 3 aromatic rings. The summed E-state index contributed by atoms with van der Waals surface area (Å²) >= 11 is 4.35. The van der Waals surface area contributed by atoms with Gasteiger partial charge in [-0.3, -0.25) is 4.79 Å². The van der Waals surface area contributed by atoms with E-state index in [-0.39, 0.29) is 11.3 Å². The standard InChI is InChI=1S/C19H14ClFN2O3S/c20-12-4-9-18(26-15-7-5-13(21)6-8-15)17(10-12)19(24)23-14-2-1-3-16(11-14)27(22)25/h1-11H,22H2,(H,23,24). The van der Waals surface area contributed by atoms with Gasteiger partial charge in [0.25, 0.3) is 5.91 Å². The van der Waals surface area contributed by atoms with E-state index in [0.717, 1.165) is 0 Å². The Kier molecular flexibility index (Phi) is 5.98. The molecule has 0 fully saturated rings. The molecule has 0 heterocycles. The Morgan fingerprint density at radius 2 is 1.85 bits per heavy atom. The van der Waals surface area contributed by atoms with Crippen molar-refractivity contribution < 1.29 is 18.5 Å². The van der Waals surface area contributed by atoms with Crippen molar-refractivity contribution in [2.75, 3.05) is 5.32 Å². The summed E-state index contributed by atoms with van der Waals surface area (Å²) in [6.07, 6.45) is 0. The molecule has 0 aliphatic carbocycles. The van der Waals surface area contributed by atoms with Gasteiger partial charge in [0, 0.05) is 16.8 Å². The van der Waals surface area contributed by atoms with E-state index in [1.807, 2.05) is 0 Å². The number of carbonyl (C=O) groups excluding carboxylic acids is 1. The number of anilines is 1. The van der Waals surface area contributed by atoms with E-state index in [4.69, 9.17) is 21.5 Å². The van der Waals surface area contributed by atoms with Crippen LogP contribution in [0.4, 0.5) is 10.1 Å². The van der Waals surface area contributed by atoms with Gasteiger partial charge in [-0.05, 0) is 54.6 Å². The molecule has 1 atom stereocenters. The van der Waals surface area contributed by atoms with E-state index >= 15 is 0 Å². The smallest absolute Gasteiger partial charge is 0.259 e. The maximum absolute atomic E-state index is 13.0. The van der Waals surface area contributed by atoms with Crippen LogP contribution in [0.1, 0.15) is 10.4 Å². The molecule has 0 aliphatic heterocycles. The molecule has 0 aromatic heterocycles. The molecule has 0 saturated heterocycles. The predicted molar refractivity (Wildman–Crippen MR) is 103 cm³/mol. The third-order valence-electron chi connectivity index (χ3n) is 3.55. The number of ether oxygens (including phenoxy) is 1. The first-order chi connectivity index (χ1) is 12.9. The zero-order valence-corrected chi connectivity index (χ0v) is 15.4. The Morgan fingerprint density at radius 1 is 1.11 bits per heavy atom. The fourth-order valence-corrected chi connectivity index (χ4v) is 2.92. The van der Waals surface area contributed by atoms with Crippen molar-refractivity contribution in [1.82, 2.24) is 0 Å². The molecule has 1 unspecified atom stereocenters. The average Bonchev–Trinajstić information content (AvgIpc) is 2.65. The lowest BCUT2D eigenvalue weighted by atomic mass is 10.1. The zero-order valence-electron chi connectivity index (χ0n) is 13.8. The maximum atomic E-state index is 13.0. The number of nitrogens with one attached hydrogen (secondary N) is 1. The van der Waals surface area contributed by atoms with Crippen LogP contribution in [-0.4, -0.2) is 10.5 Å². The minimum absolute atomic E-state index is 0.186. The Morgan fingerprint density at radius 3 is 2.56 bits per heavy atom. The lowest BCUT2D eigenvalue weighted by Gasteiger charge is -2.12. The SMILES string of the molecule is N[S+]([O-])c1cccc(NC(=O)c2cc(Cl)ccc2Oc2ccc(F)cc2)c1. The summed E-state index contributed by atoms with van der Waals surface area (Å²) in [7, 11) is 0. The van der Waals surface area contributed by atoms with E-state index in [1.165, 1.54) is 36.4 Å². The molecule has 8 heteroatoms. The monoisotopic (exact) mass is 404 g/mol. The van der Waals surface area contributed by atoms with Gasteiger partial charge < -0.3 is 14.6 Å². The maximum Gasteiger partial charge on any atom is 0.259 e. The third kappa shape index (κ3) is 4.99. The lowest BCUT2D eigenvalue weighted by Crippen LogP contribution is -2.15. The van der Waals surface area contributed by atoms with Crippen molar-refractivity contribution in [3.05, 3.63) is 83.1 Å². The van der Waals surface area contributed by atoms with E-state index in [0.29, 0.717) is 21.4 Å². The van der Waals surface area contributed by atoms with Crippen LogP contribution < -0.4 is 15.2 Å². The molecule has 0 radical (unpaired) electrons. The lowest BCUT2D eigenvalue weighted by molar-refractivity contribution is 0.102. The van der Waals surface area contributed by atoms with Crippen LogP contribution in [0.25, 0.3) is 0 Å². The highest BCUT2D eigenvalue weighted by molar-refractivity contribution is 7.89. The molecule has 0 saturated carbocycles. The van der Waals surface area contributed by atoms with Crippen molar-refractivity contribution in [2.24, 2.45) is 5.14 Å². The molecule has 3 N–H and O–H groups in total. The van der Waals surface area contributed by atoms with Gasteiger partial charge in [0.1, 0.15) is 17.3 Å². The molecule has 27 heavy (non-hydrogen) atoms. The number of halogens is 2. The van der Waals surface area contributed by atoms with Crippen LogP contribution in [0.2, 0.25) is 5.02 Å². The van der Waals surface area contributed by atoms with Gasteiger partial charge in [-0.25, -0.2) is 4.39 Å². The van der Waals surface area contributed by atoms with Crippen molar-refractivity contribution >= 4 is 34.6 Å². The van der Waals surface area contributed by atoms with Crippen LogP contribution >= 0.6 is 11.6 Å². The first-order valence-electron chi connectivity index (χ1n) is 7.73. The molecule has 5 nitrogen and oxygen atoms in total. The van der Waals surface area contributed by atoms with Gasteiger partial charge in [0.05, 0.1) is 16.9 Å². The Bertz CT molecular complexity index is 967. The topological polar surface area (TPSA) is 87.4 Å². The third-order valence-corrected chi connectivity index (χ3v) is 4.51. The van der Waals surface area contributed by atoms with E-state index in [2.05, 4.69) is 5.32 Å². The second-order valence-corrected chi connectivity index (χ2v) is 6.98. The highest BCUT2D eigenvalue weighted by Gasteiger charge is 2.16. The molecule has 138 valence electrons. The van der Waals surface area contributed by atoms with Gasteiger partial charge in [-0.1, -0.05) is 17.7 Å². The largest absolute Gasteiger partial charge is 0.593 e. The minimum Gasteiger partial charge on any atom is -0.593 e. The number of carbonyl (C=O) groups is 1. The highest BCUT2D eigenvalue weighted by atomic mass is 35.5. The van der Waals surface area contributed by atoms with Gasteiger partial charge in [0.15, 0.2) is 4.90 Å². The van der Waals surface area contributed by atoms with Gasteiger partial charge in [-0.2, -0.15) is 0 Å². The number of rotatable bonds is 5. The fourth-order valence-electron chi connectivity index (χ4n) is 2.30. The van der Waals surface area contributed by atoms with Gasteiger partial charge >= 0.3 is 0 Å². The Balaban J connectivity index is 1.86. The van der Waals surface area contributed by atoms with Crippen molar-refractivity contribution in [3.8, 4) is 11.5 Å². The van der Waals surface area contributed by atoms with Gasteiger partial charge in [0.2, 0.25) is 0 Å². The summed E-state index contributed by atoms with van der Waals surface area (Å²) in [5.41, 5.74) is 0.607. The first-order valence-corrected chi connectivity index (χ1v) is 9.32. The summed E-state index contributed by atoms with van der Waals surface area (Å²) in [4.78, 5) is 13.1. The van der Waals surface area contributed by atoms with Crippen LogP contribution in [0.15, 0.2) is 71.6 Å². The second-order valence-electron chi connectivity index (χ2n) is 5.48. The predicted octanol–water partition coefficient (Wildman–Crippen LogP) is 4.51. The zero-order chi connectivity index (χ0) is 19.4. The average molecular weight is 405 g/mol. The molecule has 3 aromatic carbocycles. The van der Waals surface area contributed by atoms with Crippen molar-refractivity contribution in [3.63, 3.8) is 0 Å². The molecule has 0 bridgehead atoms. The van der Waals surface area contributed by atoms with E-state index in [1.54, 1.807) is 30.3 Å². The molecule has 1 amide bonds. The fraction of sp³-hybridized carbons (Fsp3) is 0. The summed E-state index contributed by atoms with van der Waals surface area (Å²) in [6.45, 7) is 0. The molecule has 3 rings (SSSR count). The van der Waals surface area contributed by atoms with Crippen LogP contribution in [0, 0.1) is 5.82 Å². The number of hydrogen-bond acceptors (Lipinski definition) is 4. The number of nitrogens with two attached hydrogens (primary N) is 1. The van der Waals surface area contributed by atoms with Crippen LogP contribution in [0.5, 0.6) is 11.5 Å². The number of amides is 1. The number of hydrogen-bond donors (Lipinski definition) is 2.